The van der Waals surface area contributed by atoms with E-state index in [-0.39, 0.29) is 11.8 Å². The molecule has 2 aromatic rings. The smallest absolute Gasteiger partial charge is 0.248 e. The number of sulfonamides is 1. The molecule has 0 fully saturated rings. The molecule has 6 heteroatoms. The van der Waals surface area contributed by atoms with Crippen molar-refractivity contribution in [2.24, 2.45) is 0 Å². The molecule has 0 aromatic heterocycles. The molecule has 0 spiro atoms. The Morgan fingerprint density at radius 3 is 2.14 bits per heavy atom. The molecule has 0 unspecified atom stereocenters. The zero-order chi connectivity index (χ0) is 21.9. The van der Waals surface area contributed by atoms with Crippen LogP contribution in [0.3, 0.4) is 0 Å². The summed E-state index contributed by atoms with van der Waals surface area (Å²) < 4.78 is 26.6. The number of benzene rings is 2. The Hall–Kier alpha value is -2.34. The van der Waals surface area contributed by atoms with Crippen LogP contribution in [0.15, 0.2) is 36.4 Å². The molecule has 0 aliphatic rings. The Labute approximate surface area is 175 Å². The maximum atomic E-state index is 13.3. The predicted octanol–water partition coefficient (Wildman–Crippen LogP) is 4.92. The molecule has 0 saturated carbocycles. The van der Waals surface area contributed by atoms with Gasteiger partial charge in [0.25, 0.3) is 0 Å². The summed E-state index contributed by atoms with van der Waals surface area (Å²) in [7, 11) is -3.66. The number of amides is 1. The highest BCUT2D eigenvalue weighted by Crippen LogP contribution is 2.30. The Morgan fingerprint density at radius 2 is 1.66 bits per heavy atom. The van der Waals surface area contributed by atoms with E-state index in [0.29, 0.717) is 12.1 Å². The summed E-state index contributed by atoms with van der Waals surface area (Å²) in [5.41, 5.74) is 5.16. The molecule has 158 valence electrons. The number of carbonyl (C=O) groups excluding carboxylic acids is 1. The van der Waals surface area contributed by atoms with Crippen molar-refractivity contribution in [3.63, 3.8) is 0 Å². The van der Waals surface area contributed by atoms with Crippen LogP contribution in [0.5, 0.6) is 0 Å². The zero-order valence-corrected chi connectivity index (χ0v) is 19.2. The van der Waals surface area contributed by atoms with Gasteiger partial charge in [0.1, 0.15) is 6.04 Å². The second-order valence-corrected chi connectivity index (χ2v) is 9.87. The Morgan fingerprint density at radius 1 is 1.07 bits per heavy atom. The first kappa shape index (κ1) is 22.9. The molecule has 1 atom stereocenters. The van der Waals surface area contributed by atoms with Crippen molar-refractivity contribution in [2.75, 3.05) is 15.9 Å². The van der Waals surface area contributed by atoms with Gasteiger partial charge in [0.15, 0.2) is 0 Å². The molecule has 0 aliphatic heterocycles. The molecule has 2 aromatic carbocycles. The first-order chi connectivity index (χ1) is 13.5. The highest BCUT2D eigenvalue weighted by atomic mass is 32.2. The lowest BCUT2D eigenvalue weighted by molar-refractivity contribution is -0.117. The molecule has 1 amide bonds. The van der Waals surface area contributed by atoms with Crippen LogP contribution in [-0.4, -0.2) is 26.6 Å². The van der Waals surface area contributed by atoms with E-state index in [4.69, 9.17) is 0 Å². The fraction of sp³-hybridized carbons (Fsp3) is 0.435. The minimum Gasteiger partial charge on any atom is -0.324 e. The van der Waals surface area contributed by atoms with E-state index in [9.17, 15) is 13.2 Å². The van der Waals surface area contributed by atoms with E-state index in [1.54, 1.807) is 12.1 Å². The minimum atomic E-state index is -3.66. The monoisotopic (exact) mass is 416 g/mol. The molecule has 0 heterocycles. The van der Waals surface area contributed by atoms with Crippen molar-refractivity contribution in [3.8, 4) is 0 Å². The van der Waals surface area contributed by atoms with Gasteiger partial charge in [-0.2, -0.15) is 0 Å². The summed E-state index contributed by atoms with van der Waals surface area (Å²) in [5, 5.41) is 3.02. The second kappa shape index (κ2) is 8.99. The highest BCUT2D eigenvalue weighted by Gasteiger charge is 2.32. The van der Waals surface area contributed by atoms with Crippen LogP contribution < -0.4 is 9.62 Å². The number of rotatable bonds is 7. The topological polar surface area (TPSA) is 66.5 Å². The number of nitrogens with one attached hydrogen (secondary N) is 1. The molecular weight excluding hydrogens is 384 g/mol. The minimum absolute atomic E-state index is 0.232. The third kappa shape index (κ3) is 5.38. The van der Waals surface area contributed by atoms with Crippen molar-refractivity contribution in [1.82, 2.24) is 0 Å². The van der Waals surface area contributed by atoms with Crippen LogP contribution in [0, 0.1) is 20.8 Å². The molecule has 0 bridgehead atoms. The van der Waals surface area contributed by atoms with E-state index in [1.807, 2.05) is 52.0 Å². The predicted molar refractivity (Wildman–Crippen MR) is 121 cm³/mol. The molecule has 0 radical (unpaired) electrons. The van der Waals surface area contributed by atoms with Crippen molar-refractivity contribution in [1.29, 1.82) is 0 Å². The first-order valence-corrected chi connectivity index (χ1v) is 11.8. The van der Waals surface area contributed by atoms with Crippen LogP contribution in [0.1, 0.15) is 55.4 Å². The van der Waals surface area contributed by atoms with E-state index in [0.717, 1.165) is 34.2 Å². The number of hydrogen-bond acceptors (Lipinski definition) is 3. The van der Waals surface area contributed by atoms with E-state index >= 15 is 0 Å². The van der Waals surface area contributed by atoms with Crippen LogP contribution in [0.2, 0.25) is 0 Å². The average Bonchev–Trinajstić information content (AvgIpc) is 2.58. The summed E-state index contributed by atoms with van der Waals surface area (Å²) in [6.07, 6.45) is 1.50. The van der Waals surface area contributed by atoms with Crippen LogP contribution in [0.25, 0.3) is 0 Å². The molecule has 1 N–H and O–H groups in total. The average molecular weight is 417 g/mol. The lowest BCUT2D eigenvalue weighted by Crippen LogP contribution is -2.47. The molecule has 29 heavy (non-hydrogen) atoms. The van der Waals surface area contributed by atoms with Gasteiger partial charge >= 0.3 is 0 Å². The fourth-order valence-corrected chi connectivity index (χ4v) is 4.88. The van der Waals surface area contributed by atoms with Crippen LogP contribution in [0.4, 0.5) is 11.4 Å². The Bertz CT molecular complexity index is 977. The van der Waals surface area contributed by atoms with E-state index in [2.05, 4.69) is 19.2 Å². The molecule has 5 nitrogen and oxygen atoms in total. The van der Waals surface area contributed by atoms with Gasteiger partial charge in [-0.25, -0.2) is 8.42 Å². The van der Waals surface area contributed by atoms with Crippen LogP contribution in [-0.2, 0) is 14.8 Å². The van der Waals surface area contributed by atoms with Crippen molar-refractivity contribution >= 4 is 27.3 Å². The third-order valence-electron chi connectivity index (χ3n) is 4.97. The van der Waals surface area contributed by atoms with Crippen LogP contribution >= 0.6 is 0 Å². The Balaban J connectivity index is 2.50. The second-order valence-electron chi connectivity index (χ2n) is 8.01. The van der Waals surface area contributed by atoms with Crippen molar-refractivity contribution in [2.45, 2.75) is 59.9 Å². The molecule has 0 saturated heterocycles. The summed E-state index contributed by atoms with van der Waals surface area (Å²) in [5.74, 6) is -0.0935. The highest BCUT2D eigenvalue weighted by molar-refractivity contribution is 7.92. The number of anilines is 2. The zero-order valence-electron chi connectivity index (χ0n) is 18.4. The summed E-state index contributed by atoms with van der Waals surface area (Å²) >= 11 is 0. The maximum Gasteiger partial charge on any atom is 0.248 e. The normalized spacial score (nSPS) is 12.7. The van der Waals surface area contributed by atoms with E-state index < -0.39 is 16.1 Å². The number of hydrogen-bond donors (Lipinski definition) is 1. The van der Waals surface area contributed by atoms with Gasteiger partial charge in [-0.1, -0.05) is 45.0 Å². The third-order valence-corrected chi connectivity index (χ3v) is 6.15. The molecule has 2 rings (SSSR count). The maximum absolute atomic E-state index is 13.3. The SMILES string of the molecule is CC[C@@H](C(=O)Nc1c(C)cccc1C(C)C)N(c1cc(C)cc(C)c1)S(C)(=O)=O. The van der Waals surface area contributed by atoms with Gasteiger partial charge in [0.2, 0.25) is 15.9 Å². The van der Waals surface area contributed by atoms with E-state index in [1.165, 1.54) is 4.31 Å². The van der Waals surface area contributed by atoms with Crippen molar-refractivity contribution in [3.05, 3.63) is 58.7 Å². The van der Waals surface area contributed by atoms with Gasteiger partial charge in [-0.15, -0.1) is 0 Å². The number of carbonyl (C=O) groups is 1. The lowest BCUT2D eigenvalue weighted by atomic mass is 9.98. The number of nitrogens with zero attached hydrogens (tertiary/aromatic N) is 1. The Kier molecular flexibility index (Phi) is 7.11. The lowest BCUT2D eigenvalue weighted by Gasteiger charge is -2.31. The van der Waals surface area contributed by atoms with Gasteiger partial charge in [0, 0.05) is 5.69 Å². The van der Waals surface area contributed by atoms with Gasteiger partial charge in [0.05, 0.1) is 11.9 Å². The molecular formula is C23H32N2O3S. The van der Waals surface area contributed by atoms with Gasteiger partial charge < -0.3 is 5.32 Å². The standard InChI is InChI=1S/C23H32N2O3S/c1-8-21(23(26)24-22-18(6)10-9-11-20(22)15(2)3)25(29(7,27)28)19-13-16(4)12-17(5)14-19/h9-15,21H,8H2,1-7H3,(H,24,26)/t21-/m0/s1. The summed E-state index contributed by atoms with van der Waals surface area (Å²) in [6, 6.07) is 10.6. The number of aryl methyl sites for hydroxylation is 3. The van der Waals surface area contributed by atoms with Gasteiger partial charge in [-0.3, -0.25) is 9.10 Å². The quantitative estimate of drug-likeness (QED) is 0.697. The summed E-state index contributed by atoms with van der Waals surface area (Å²) in [4.78, 5) is 13.3. The van der Waals surface area contributed by atoms with Crippen molar-refractivity contribution < 1.29 is 13.2 Å². The number of para-hydroxylation sites is 1. The first-order valence-electron chi connectivity index (χ1n) is 9.93. The summed E-state index contributed by atoms with van der Waals surface area (Å²) in [6.45, 7) is 11.7. The largest absolute Gasteiger partial charge is 0.324 e. The van der Waals surface area contributed by atoms with Gasteiger partial charge in [-0.05, 0) is 67.5 Å². The molecule has 0 aliphatic carbocycles. The fourth-order valence-electron chi connectivity index (χ4n) is 3.69.